The molecule has 1 atom stereocenters. The fourth-order valence-corrected chi connectivity index (χ4v) is 3.43. The van der Waals surface area contributed by atoms with E-state index < -0.39 is 6.09 Å². The Hall–Kier alpha value is -2.92. The number of rotatable bonds is 11. The second kappa shape index (κ2) is 11.9. The van der Waals surface area contributed by atoms with Crippen LogP contribution in [0.3, 0.4) is 0 Å². The highest BCUT2D eigenvalue weighted by molar-refractivity contribution is 5.93. The summed E-state index contributed by atoms with van der Waals surface area (Å²) in [4.78, 5) is 25.8. The van der Waals surface area contributed by atoms with Gasteiger partial charge in [-0.05, 0) is 36.8 Å². The SMILES string of the molecule is O=C(CC/C=C/CCCOCc1ccccc1)N1C(=O)OC[C@@H]1Cc1ccccc1. The molecule has 1 heterocycles. The number of benzene rings is 2. The molecular weight excluding hydrogens is 378 g/mol. The summed E-state index contributed by atoms with van der Waals surface area (Å²) in [7, 11) is 0. The van der Waals surface area contributed by atoms with Crippen molar-refractivity contribution in [3.05, 3.63) is 83.9 Å². The number of cyclic esters (lactones) is 1. The Bertz CT molecular complexity index is 820. The van der Waals surface area contributed by atoms with E-state index in [9.17, 15) is 9.59 Å². The van der Waals surface area contributed by atoms with E-state index in [1.807, 2.05) is 54.6 Å². The van der Waals surface area contributed by atoms with Crippen LogP contribution in [0.5, 0.6) is 0 Å². The molecule has 5 nitrogen and oxygen atoms in total. The Kier molecular flexibility index (Phi) is 8.66. The number of imide groups is 1. The van der Waals surface area contributed by atoms with E-state index >= 15 is 0 Å². The molecule has 1 saturated heterocycles. The van der Waals surface area contributed by atoms with Crippen LogP contribution in [0, 0.1) is 0 Å². The van der Waals surface area contributed by atoms with Gasteiger partial charge < -0.3 is 9.47 Å². The van der Waals surface area contributed by atoms with Crippen molar-refractivity contribution < 1.29 is 19.1 Å². The van der Waals surface area contributed by atoms with Crippen LogP contribution in [0.4, 0.5) is 4.79 Å². The van der Waals surface area contributed by atoms with Crippen molar-refractivity contribution in [1.82, 2.24) is 4.90 Å². The zero-order valence-corrected chi connectivity index (χ0v) is 17.2. The van der Waals surface area contributed by atoms with E-state index in [0.29, 0.717) is 32.5 Å². The monoisotopic (exact) mass is 407 g/mol. The summed E-state index contributed by atoms with van der Waals surface area (Å²) in [6.07, 6.45) is 6.94. The lowest BCUT2D eigenvalue weighted by molar-refractivity contribution is -0.129. The Balaban J connectivity index is 1.31. The van der Waals surface area contributed by atoms with Gasteiger partial charge in [0.2, 0.25) is 5.91 Å². The van der Waals surface area contributed by atoms with E-state index in [0.717, 1.165) is 18.4 Å². The summed E-state index contributed by atoms with van der Waals surface area (Å²) in [6, 6.07) is 19.7. The van der Waals surface area contributed by atoms with Crippen LogP contribution in [0.25, 0.3) is 0 Å². The van der Waals surface area contributed by atoms with Gasteiger partial charge in [0.15, 0.2) is 0 Å². The van der Waals surface area contributed by atoms with Crippen molar-refractivity contribution in [2.24, 2.45) is 0 Å². The first-order valence-electron chi connectivity index (χ1n) is 10.5. The number of unbranched alkanes of at least 4 members (excludes halogenated alkanes) is 1. The molecule has 0 aromatic heterocycles. The van der Waals surface area contributed by atoms with Crippen LogP contribution in [-0.4, -0.2) is 36.2 Å². The summed E-state index contributed by atoms with van der Waals surface area (Å²) < 4.78 is 10.8. The molecule has 5 heteroatoms. The van der Waals surface area contributed by atoms with Gasteiger partial charge in [0.05, 0.1) is 12.6 Å². The average molecular weight is 408 g/mol. The van der Waals surface area contributed by atoms with Crippen LogP contribution >= 0.6 is 0 Å². The van der Waals surface area contributed by atoms with Crippen molar-refractivity contribution >= 4 is 12.0 Å². The lowest BCUT2D eigenvalue weighted by Gasteiger charge is -2.19. The molecule has 3 rings (SSSR count). The van der Waals surface area contributed by atoms with Crippen molar-refractivity contribution in [3.63, 3.8) is 0 Å². The molecule has 0 radical (unpaired) electrons. The highest BCUT2D eigenvalue weighted by Gasteiger charge is 2.37. The first kappa shape index (κ1) is 21.8. The summed E-state index contributed by atoms with van der Waals surface area (Å²) in [5.41, 5.74) is 2.27. The molecule has 0 aliphatic carbocycles. The fourth-order valence-electron chi connectivity index (χ4n) is 3.43. The molecule has 1 aliphatic rings. The van der Waals surface area contributed by atoms with E-state index in [-0.39, 0.29) is 18.6 Å². The van der Waals surface area contributed by atoms with Crippen molar-refractivity contribution in [2.75, 3.05) is 13.2 Å². The maximum absolute atomic E-state index is 12.5. The number of nitrogens with zero attached hydrogens (tertiary/aromatic N) is 1. The lowest BCUT2D eigenvalue weighted by Crippen LogP contribution is -2.40. The molecule has 2 aromatic carbocycles. The van der Waals surface area contributed by atoms with Gasteiger partial charge in [0.25, 0.3) is 0 Å². The molecule has 0 bridgehead atoms. The number of carbonyl (C=O) groups is 2. The summed E-state index contributed by atoms with van der Waals surface area (Å²) >= 11 is 0. The predicted molar refractivity (Wildman–Crippen MR) is 116 cm³/mol. The van der Waals surface area contributed by atoms with E-state index in [4.69, 9.17) is 9.47 Å². The summed E-state index contributed by atoms with van der Waals surface area (Å²) in [6.45, 7) is 1.60. The van der Waals surface area contributed by atoms with Gasteiger partial charge in [-0.1, -0.05) is 72.8 Å². The topological polar surface area (TPSA) is 55.8 Å². The van der Waals surface area contributed by atoms with Crippen molar-refractivity contribution in [1.29, 1.82) is 0 Å². The standard InChI is InChI=1S/C25H29NO4/c27-24(26-23(20-30-25(26)28)18-21-12-6-4-7-13-21)16-10-2-1-3-11-17-29-19-22-14-8-5-9-15-22/h1-2,4-9,12-15,23H,3,10-11,16-20H2/b2-1+/t23-/m0/s1. The van der Waals surface area contributed by atoms with E-state index in [2.05, 4.69) is 18.2 Å². The van der Waals surface area contributed by atoms with Crippen LogP contribution in [0.15, 0.2) is 72.8 Å². The third-order valence-corrected chi connectivity index (χ3v) is 5.01. The molecule has 1 aliphatic heterocycles. The number of hydrogen-bond donors (Lipinski definition) is 0. The van der Waals surface area contributed by atoms with Crippen LogP contribution in [0.1, 0.15) is 36.8 Å². The van der Waals surface area contributed by atoms with Gasteiger partial charge in [-0.25, -0.2) is 9.69 Å². The number of ether oxygens (including phenoxy) is 2. The minimum atomic E-state index is -0.527. The fraction of sp³-hybridized carbons (Fsp3) is 0.360. The molecule has 0 unspecified atom stereocenters. The predicted octanol–water partition coefficient (Wildman–Crippen LogP) is 4.91. The highest BCUT2D eigenvalue weighted by atomic mass is 16.6. The number of hydrogen-bond acceptors (Lipinski definition) is 4. The second-order valence-electron chi connectivity index (χ2n) is 7.37. The molecule has 1 fully saturated rings. The third-order valence-electron chi connectivity index (χ3n) is 5.01. The Morgan fingerprint density at radius 3 is 2.40 bits per heavy atom. The van der Waals surface area contributed by atoms with Crippen LogP contribution in [0.2, 0.25) is 0 Å². The quantitative estimate of drug-likeness (QED) is 0.392. The van der Waals surface area contributed by atoms with Crippen molar-refractivity contribution in [2.45, 2.75) is 44.8 Å². The van der Waals surface area contributed by atoms with Crippen molar-refractivity contribution in [3.8, 4) is 0 Å². The molecule has 30 heavy (non-hydrogen) atoms. The molecule has 0 N–H and O–H groups in total. The van der Waals surface area contributed by atoms with Gasteiger partial charge in [-0.3, -0.25) is 4.79 Å². The van der Waals surface area contributed by atoms with Gasteiger partial charge in [0, 0.05) is 13.0 Å². The smallest absolute Gasteiger partial charge is 0.416 e. The molecule has 2 amide bonds. The zero-order chi connectivity index (χ0) is 21.0. The Morgan fingerprint density at radius 1 is 1.00 bits per heavy atom. The maximum atomic E-state index is 12.5. The van der Waals surface area contributed by atoms with Gasteiger partial charge in [0.1, 0.15) is 6.61 Å². The first-order valence-corrected chi connectivity index (χ1v) is 10.5. The summed E-state index contributed by atoms with van der Waals surface area (Å²) in [5.74, 6) is -0.172. The van der Waals surface area contributed by atoms with Crippen LogP contribution < -0.4 is 0 Å². The first-order chi connectivity index (χ1) is 14.7. The van der Waals surface area contributed by atoms with E-state index in [1.54, 1.807) is 0 Å². The zero-order valence-electron chi connectivity index (χ0n) is 17.2. The van der Waals surface area contributed by atoms with Crippen LogP contribution in [-0.2, 0) is 27.3 Å². The maximum Gasteiger partial charge on any atom is 0.416 e. The molecule has 0 spiro atoms. The number of carbonyl (C=O) groups excluding carboxylic acids is 2. The second-order valence-corrected chi connectivity index (χ2v) is 7.37. The molecule has 158 valence electrons. The Labute approximate surface area is 178 Å². The average Bonchev–Trinajstić information content (AvgIpc) is 3.13. The largest absolute Gasteiger partial charge is 0.447 e. The normalized spacial score (nSPS) is 16.2. The number of allylic oxidation sites excluding steroid dienone is 2. The Morgan fingerprint density at radius 2 is 1.67 bits per heavy atom. The third kappa shape index (κ3) is 6.85. The van der Waals surface area contributed by atoms with Gasteiger partial charge >= 0.3 is 6.09 Å². The summed E-state index contributed by atoms with van der Waals surface area (Å²) in [5, 5.41) is 0. The molecule has 2 aromatic rings. The van der Waals surface area contributed by atoms with Gasteiger partial charge in [-0.15, -0.1) is 0 Å². The van der Waals surface area contributed by atoms with E-state index in [1.165, 1.54) is 10.5 Å². The minimum Gasteiger partial charge on any atom is -0.447 e. The number of amides is 2. The lowest BCUT2D eigenvalue weighted by atomic mass is 10.1. The molecular formula is C25H29NO4. The molecule has 0 saturated carbocycles. The van der Waals surface area contributed by atoms with Gasteiger partial charge in [-0.2, -0.15) is 0 Å². The minimum absolute atomic E-state index is 0.172. The highest BCUT2D eigenvalue weighted by Crippen LogP contribution is 2.19.